The molecule has 134 valence electrons. The Morgan fingerprint density at radius 1 is 1.15 bits per heavy atom. The van der Waals surface area contributed by atoms with Crippen LogP contribution in [0.1, 0.15) is 37.3 Å². The Labute approximate surface area is 153 Å². The topological polar surface area (TPSA) is 71.4 Å². The number of carbonyl (C=O) groups is 1. The number of nitrogens with zero attached hydrogens (tertiary/aromatic N) is 1. The molecular formula is C21H22N2O3. The van der Waals surface area contributed by atoms with Gasteiger partial charge in [-0.05, 0) is 47.7 Å². The van der Waals surface area contributed by atoms with Gasteiger partial charge in [-0.3, -0.25) is 4.79 Å². The van der Waals surface area contributed by atoms with Gasteiger partial charge in [-0.15, -0.1) is 0 Å². The molecule has 0 aromatic heterocycles. The summed E-state index contributed by atoms with van der Waals surface area (Å²) >= 11 is 0. The molecule has 3 rings (SSSR count). The van der Waals surface area contributed by atoms with Crippen molar-refractivity contribution in [2.24, 2.45) is 5.92 Å². The third-order valence-electron chi connectivity index (χ3n) is 4.48. The van der Waals surface area contributed by atoms with Crippen LogP contribution in [0.5, 0.6) is 11.5 Å². The van der Waals surface area contributed by atoms with Crippen molar-refractivity contribution >= 4 is 11.6 Å². The maximum Gasteiger partial charge on any atom is 0.224 e. The van der Waals surface area contributed by atoms with E-state index in [0.29, 0.717) is 30.9 Å². The molecule has 1 unspecified atom stereocenters. The molecule has 0 aliphatic carbocycles. The lowest BCUT2D eigenvalue weighted by atomic mass is 9.85. The zero-order valence-electron chi connectivity index (χ0n) is 15.0. The zero-order valence-corrected chi connectivity index (χ0v) is 15.0. The van der Waals surface area contributed by atoms with Crippen LogP contribution in [0.3, 0.4) is 0 Å². The van der Waals surface area contributed by atoms with Crippen LogP contribution in [-0.4, -0.2) is 19.1 Å². The minimum atomic E-state index is -0.0753. The van der Waals surface area contributed by atoms with E-state index < -0.39 is 0 Å². The van der Waals surface area contributed by atoms with E-state index in [-0.39, 0.29) is 17.7 Å². The van der Waals surface area contributed by atoms with Crippen LogP contribution >= 0.6 is 0 Å². The van der Waals surface area contributed by atoms with Crippen LogP contribution in [0.25, 0.3) is 0 Å². The van der Waals surface area contributed by atoms with E-state index in [4.69, 9.17) is 14.7 Å². The molecule has 2 aromatic carbocycles. The summed E-state index contributed by atoms with van der Waals surface area (Å²) in [7, 11) is 0. The predicted molar refractivity (Wildman–Crippen MR) is 99.4 cm³/mol. The highest BCUT2D eigenvalue weighted by atomic mass is 16.6. The van der Waals surface area contributed by atoms with Gasteiger partial charge in [0.15, 0.2) is 11.5 Å². The van der Waals surface area contributed by atoms with Crippen molar-refractivity contribution in [3.05, 3.63) is 53.6 Å². The van der Waals surface area contributed by atoms with Gasteiger partial charge in [-0.2, -0.15) is 5.26 Å². The van der Waals surface area contributed by atoms with Crippen LogP contribution in [-0.2, 0) is 4.79 Å². The van der Waals surface area contributed by atoms with Gasteiger partial charge in [0.1, 0.15) is 13.2 Å². The van der Waals surface area contributed by atoms with Crippen molar-refractivity contribution in [1.82, 2.24) is 0 Å². The maximum absolute atomic E-state index is 12.5. The Hall–Kier alpha value is -3.00. The molecule has 0 saturated heterocycles. The molecule has 1 N–H and O–H groups in total. The number of rotatable bonds is 5. The van der Waals surface area contributed by atoms with Gasteiger partial charge in [0.25, 0.3) is 0 Å². The number of hydrogen-bond donors (Lipinski definition) is 1. The number of carbonyl (C=O) groups excluding carboxylic acids is 1. The first kappa shape index (κ1) is 17.8. The van der Waals surface area contributed by atoms with Gasteiger partial charge in [-0.25, -0.2) is 0 Å². The van der Waals surface area contributed by atoms with Crippen molar-refractivity contribution in [2.75, 3.05) is 18.5 Å². The fraction of sp³-hybridized carbons (Fsp3) is 0.333. The molecule has 5 nitrogen and oxygen atoms in total. The second-order valence-corrected chi connectivity index (χ2v) is 6.70. The molecule has 1 heterocycles. The molecule has 5 heteroatoms. The number of anilines is 1. The number of fused-ring (bicyclic) bond motifs is 1. The Morgan fingerprint density at radius 3 is 2.65 bits per heavy atom. The lowest BCUT2D eigenvalue weighted by Crippen LogP contribution is -2.20. The minimum Gasteiger partial charge on any atom is -0.486 e. The molecule has 0 bridgehead atoms. The van der Waals surface area contributed by atoms with Crippen LogP contribution < -0.4 is 14.8 Å². The third kappa shape index (κ3) is 4.15. The first-order valence-corrected chi connectivity index (χ1v) is 8.76. The second kappa shape index (κ2) is 7.92. The fourth-order valence-corrected chi connectivity index (χ4v) is 3.11. The summed E-state index contributed by atoms with van der Waals surface area (Å²) in [6.07, 6.45) is 0.355. The Kier molecular flexibility index (Phi) is 5.43. The number of ether oxygens (including phenoxy) is 2. The molecule has 0 radical (unpaired) electrons. The molecule has 0 fully saturated rings. The van der Waals surface area contributed by atoms with E-state index in [1.54, 1.807) is 24.3 Å². The van der Waals surface area contributed by atoms with Gasteiger partial charge >= 0.3 is 0 Å². The Balaban J connectivity index is 1.74. The smallest absolute Gasteiger partial charge is 0.224 e. The largest absolute Gasteiger partial charge is 0.486 e. The van der Waals surface area contributed by atoms with Crippen molar-refractivity contribution in [3.8, 4) is 17.6 Å². The SMILES string of the molecule is CC(C)C(CC(=O)Nc1cccc(C#N)c1)c1ccc2c(c1)OCCO2. The van der Waals surface area contributed by atoms with Gasteiger partial charge in [0, 0.05) is 12.1 Å². The molecule has 1 amide bonds. The molecule has 1 aliphatic heterocycles. The number of hydrogen-bond acceptors (Lipinski definition) is 4. The van der Waals surface area contributed by atoms with Crippen LogP contribution in [0.4, 0.5) is 5.69 Å². The average molecular weight is 350 g/mol. The van der Waals surface area contributed by atoms with Crippen molar-refractivity contribution in [2.45, 2.75) is 26.2 Å². The minimum absolute atomic E-state index is 0.0602. The Bertz CT molecular complexity index is 839. The maximum atomic E-state index is 12.5. The first-order valence-electron chi connectivity index (χ1n) is 8.76. The molecule has 0 saturated carbocycles. The lowest BCUT2D eigenvalue weighted by molar-refractivity contribution is -0.116. The normalized spacial score (nSPS) is 13.8. The fourth-order valence-electron chi connectivity index (χ4n) is 3.11. The zero-order chi connectivity index (χ0) is 18.5. The molecule has 1 aliphatic rings. The summed E-state index contributed by atoms with van der Waals surface area (Å²) < 4.78 is 11.2. The van der Waals surface area contributed by atoms with E-state index >= 15 is 0 Å². The van der Waals surface area contributed by atoms with E-state index in [9.17, 15) is 4.79 Å². The predicted octanol–water partition coefficient (Wildman–Crippen LogP) is 4.10. The van der Waals surface area contributed by atoms with Crippen LogP contribution in [0.15, 0.2) is 42.5 Å². The quantitative estimate of drug-likeness (QED) is 0.881. The summed E-state index contributed by atoms with van der Waals surface area (Å²) in [5, 5.41) is 11.9. The van der Waals surface area contributed by atoms with Gasteiger partial charge in [0.2, 0.25) is 5.91 Å². The average Bonchev–Trinajstić information content (AvgIpc) is 2.65. The Morgan fingerprint density at radius 2 is 1.92 bits per heavy atom. The van der Waals surface area contributed by atoms with E-state index in [0.717, 1.165) is 17.1 Å². The standard InChI is InChI=1S/C21H22N2O3/c1-14(2)18(16-6-7-19-20(11-16)26-9-8-25-19)12-21(24)23-17-5-3-4-15(10-17)13-22/h3-7,10-11,14,18H,8-9,12H2,1-2H3,(H,23,24). The summed E-state index contributed by atoms with van der Waals surface area (Å²) in [4.78, 5) is 12.5. The third-order valence-corrected chi connectivity index (χ3v) is 4.48. The second-order valence-electron chi connectivity index (χ2n) is 6.70. The van der Waals surface area contributed by atoms with Crippen LogP contribution in [0.2, 0.25) is 0 Å². The molecule has 26 heavy (non-hydrogen) atoms. The number of benzene rings is 2. The summed E-state index contributed by atoms with van der Waals surface area (Å²) in [5.41, 5.74) is 2.22. The van der Waals surface area contributed by atoms with Crippen LogP contribution in [0, 0.1) is 17.2 Å². The highest BCUT2D eigenvalue weighted by Crippen LogP contribution is 2.36. The highest BCUT2D eigenvalue weighted by molar-refractivity contribution is 5.91. The summed E-state index contributed by atoms with van der Waals surface area (Å²) in [6.45, 7) is 5.30. The first-order chi connectivity index (χ1) is 12.6. The summed E-state index contributed by atoms with van der Waals surface area (Å²) in [5.74, 6) is 1.76. The number of amides is 1. The monoisotopic (exact) mass is 350 g/mol. The van der Waals surface area contributed by atoms with Crippen molar-refractivity contribution < 1.29 is 14.3 Å². The van der Waals surface area contributed by atoms with Gasteiger partial charge in [0.05, 0.1) is 11.6 Å². The van der Waals surface area contributed by atoms with Gasteiger partial charge in [-0.1, -0.05) is 26.0 Å². The molecule has 2 aromatic rings. The number of nitriles is 1. The van der Waals surface area contributed by atoms with E-state index in [1.807, 2.05) is 18.2 Å². The number of nitrogens with one attached hydrogen (secondary N) is 1. The highest BCUT2D eigenvalue weighted by Gasteiger charge is 2.22. The molecule has 1 atom stereocenters. The van der Waals surface area contributed by atoms with E-state index in [1.165, 1.54) is 0 Å². The summed E-state index contributed by atoms with van der Waals surface area (Å²) in [6, 6.07) is 14.9. The van der Waals surface area contributed by atoms with Crippen molar-refractivity contribution in [1.29, 1.82) is 5.26 Å². The molecular weight excluding hydrogens is 328 g/mol. The van der Waals surface area contributed by atoms with E-state index in [2.05, 4.69) is 25.2 Å². The van der Waals surface area contributed by atoms with Gasteiger partial charge < -0.3 is 14.8 Å². The van der Waals surface area contributed by atoms with Crippen molar-refractivity contribution in [3.63, 3.8) is 0 Å². The molecule has 0 spiro atoms. The lowest BCUT2D eigenvalue weighted by Gasteiger charge is -2.24.